The molecule has 0 fully saturated rings. The highest BCUT2D eigenvalue weighted by Crippen LogP contribution is 2.16. The van der Waals surface area contributed by atoms with E-state index in [2.05, 4.69) is 15.0 Å². The molecule has 1 heterocycles. The minimum Gasteiger partial charge on any atom is -0.394 e. The zero-order valence-corrected chi connectivity index (χ0v) is 13.9. The first-order valence-electron chi connectivity index (χ1n) is 6.52. The predicted octanol–water partition coefficient (Wildman–Crippen LogP) is 0.580. The first-order valence-corrected chi connectivity index (χ1v) is 9.29. The summed E-state index contributed by atoms with van der Waals surface area (Å²) in [5.41, 5.74) is 0.491. The van der Waals surface area contributed by atoms with Gasteiger partial charge in [0.25, 0.3) is 0 Å². The third kappa shape index (κ3) is 7.39. The zero-order valence-electron chi connectivity index (χ0n) is 12.3. The summed E-state index contributed by atoms with van der Waals surface area (Å²) < 4.78 is 24.4. The molecule has 1 rings (SSSR count). The average molecular weight is 335 g/mol. The van der Waals surface area contributed by atoms with Crippen LogP contribution in [0.15, 0.2) is 5.38 Å². The van der Waals surface area contributed by atoms with Crippen LogP contribution in [0.1, 0.15) is 26.0 Å². The van der Waals surface area contributed by atoms with Gasteiger partial charge in [0.2, 0.25) is 15.9 Å². The number of nitrogens with zero attached hydrogens (tertiary/aromatic N) is 1. The molecule has 1 amide bonds. The minimum absolute atomic E-state index is 0.0521. The molecule has 1 unspecified atom stereocenters. The fourth-order valence-corrected chi connectivity index (χ4v) is 3.35. The van der Waals surface area contributed by atoms with Crippen LogP contribution in [-0.4, -0.2) is 43.3 Å². The summed E-state index contributed by atoms with van der Waals surface area (Å²) >= 11 is 1.12. The van der Waals surface area contributed by atoms with E-state index in [9.17, 15) is 18.3 Å². The Morgan fingerprint density at radius 3 is 2.67 bits per heavy atom. The maximum Gasteiger partial charge on any atom is 0.231 e. The molecule has 0 spiro atoms. The molecule has 0 saturated carbocycles. The van der Waals surface area contributed by atoms with Gasteiger partial charge in [-0.15, -0.1) is 11.3 Å². The molecule has 1 aromatic heterocycles. The maximum atomic E-state index is 11.9. The topological polar surface area (TPSA) is 108 Å². The minimum atomic E-state index is -3.36. The molecular weight excluding hydrogens is 314 g/mol. The number of aromatic nitrogens is 1. The molecule has 0 aliphatic rings. The van der Waals surface area contributed by atoms with Crippen molar-refractivity contribution in [3.63, 3.8) is 0 Å². The molecular formula is C12H21N3O4S2. The van der Waals surface area contributed by atoms with Crippen LogP contribution in [0.4, 0.5) is 5.13 Å². The van der Waals surface area contributed by atoms with Crippen molar-refractivity contribution in [1.82, 2.24) is 10.3 Å². The van der Waals surface area contributed by atoms with Gasteiger partial charge in [0.05, 0.1) is 31.0 Å². The van der Waals surface area contributed by atoms with Crippen LogP contribution in [0.3, 0.4) is 0 Å². The van der Waals surface area contributed by atoms with Gasteiger partial charge in [-0.2, -0.15) is 0 Å². The number of aliphatic hydroxyl groups is 1. The van der Waals surface area contributed by atoms with E-state index in [1.165, 1.54) is 0 Å². The van der Waals surface area contributed by atoms with E-state index < -0.39 is 10.0 Å². The van der Waals surface area contributed by atoms with Gasteiger partial charge in [-0.1, -0.05) is 13.8 Å². The van der Waals surface area contributed by atoms with E-state index in [1.54, 1.807) is 5.38 Å². The van der Waals surface area contributed by atoms with Crippen molar-refractivity contribution in [2.75, 3.05) is 17.6 Å². The summed E-state index contributed by atoms with van der Waals surface area (Å²) in [6, 6.07) is -0.273. The van der Waals surface area contributed by atoms with E-state index in [0.717, 1.165) is 17.6 Å². The summed E-state index contributed by atoms with van der Waals surface area (Å²) in [5.74, 6) is 0.123. The third-order valence-electron chi connectivity index (χ3n) is 2.51. The van der Waals surface area contributed by atoms with E-state index in [0.29, 0.717) is 18.0 Å². The zero-order chi connectivity index (χ0) is 16.0. The number of hydrogen-bond donors (Lipinski definition) is 3. The second kappa shape index (κ2) is 7.71. The number of thiazole rings is 1. The Labute approximate surface area is 128 Å². The van der Waals surface area contributed by atoms with Gasteiger partial charge < -0.3 is 10.4 Å². The molecule has 1 atom stereocenters. The van der Waals surface area contributed by atoms with Crippen LogP contribution in [0.2, 0.25) is 0 Å². The molecule has 0 radical (unpaired) electrons. The quantitative estimate of drug-likeness (QED) is 0.644. The fraction of sp³-hybridized carbons (Fsp3) is 0.667. The van der Waals surface area contributed by atoms with Crippen LogP contribution in [0.5, 0.6) is 0 Å². The van der Waals surface area contributed by atoms with Crippen LogP contribution in [-0.2, 0) is 21.2 Å². The highest BCUT2D eigenvalue weighted by molar-refractivity contribution is 7.92. The molecule has 3 N–H and O–H groups in total. The van der Waals surface area contributed by atoms with E-state index >= 15 is 0 Å². The fourth-order valence-electron chi connectivity index (χ4n) is 1.78. The molecule has 0 aromatic carbocycles. The lowest BCUT2D eigenvalue weighted by molar-refractivity contribution is -0.121. The Morgan fingerprint density at radius 2 is 2.14 bits per heavy atom. The molecule has 1 aromatic rings. The molecule has 21 heavy (non-hydrogen) atoms. The van der Waals surface area contributed by atoms with Gasteiger partial charge >= 0.3 is 0 Å². The molecule has 7 nitrogen and oxygen atoms in total. The summed E-state index contributed by atoms with van der Waals surface area (Å²) in [7, 11) is -3.36. The summed E-state index contributed by atoms with van der Waals surface area (Å²) in [4.78, 5) is 15.9. The van der Waals surface area contributed by atoms with Crippen molar-refractivity contribution >= 4 is 32.4 Å². The standard InChI is InChI=1S/C12H21N3O4S2/c1-8(2)4-9(6-16)13-11(17)5-10-7-20-12(14-10)15-21(3,18)19/h7-9,16H,4-6H2,1-3H3,(H,13,17)(H,14,15). The first kappa shape index (κ1) is 17.9. The Morgan fingerprint density at radius 1 is 1.48 bits per heavy atom. The van der Waals surface area contributed by atoms with Crippen molar-refractivity contribution in [3.8, 4) is 0 Å². The van der Waals surface area contributed by atoms with Crippen molar-refractivity contribution in [2.45, 2.75) is 32.7 Å². The van der Waals surface area contributed by atoms with E-state index in [-0.39, 0.29) is 30.1 Å². The Hall–Kier alpha value is -1.19. The van der Waals surface area contributed by atoms with E-state index in [4.69, 9.17) is 0 Å². The predicted molar refractivity (Wildman–Crippen MR) is 82.8 cm³/mol. The van der Waals surface area contributed by atoms with Crippen LogP contribution in [0, 0.1) is 5.92 Å². The number of sulfonamides is 1. The summed E-state index contributed by atoms with van der Waals surface area (Å²) in [5, 5.41) is 13.8. The van der Waals surface area contributed by atoms with Gasteiger partial charge in [-0.3, -0.25) is 9.52 Å². The van der Waals surface area contributed by atoms with Gasteiger partial charge in [0.15, 0.2) is 5.13 Å². The number of carbonyl (C=O) groups excluding carboxylic acids is 1. The number of amides is 1. The molecule has 120 valence electrons. The van der Waals surface area contributed by atoms with Crippen LogP contribution in [0.25, 0.3) is 0 Å². The van der Waals surface area contributed by atoms with E-state index in [1.807, 2.05) is 13.8 Å². The second-order valence-corrected chi connectivity index (χ2v) is 7.88. The Bertz CT molecular complexity index is 569. The monoisotopic (exact) mass is 335 g/mol. The smallest absolute Gasteiger partial charge is 0.231 e. The Balaban J connectivity index is 2.55. The molecule has 9 heteroatoms. The number of anilines is 1. The van der Waals surface area contributed by atoms with Gasteiger partial charge in [0, 0.05) is 5.38 Å². The van der Waals surface area contributed by atoms with Gasteiger partial charge in [-0.25, -0.2) is 13.4 Å². The number of rotatable bonds is 8. The SMILES string of the molecule is CC(C)CC(CO)NC(=O)Cc1csc(NS(C)(=O)=O)n1. The normalized spacial score (nSPS) is 13.2. The highest BCUT2D eigenvalue weighted by atomic mass is 32.2. The number of carbonyl (C=O) groups is 1. The molecule has 0 saturated heterocycles. The van der Waals surface area contributed by atoms with Crippen molar-refractivity contribution in [2.24, 2.45) is 5.92 Å². The molecule has 0 aliphatic heterocycles. The highest BCUT2D eigenvalue weighted by Gasteiger charge is 2.15. The average Bonchev–Trinajstić information content (AvgIpc) is 2.72. The van der Waals surface area contributed by atoms with Crippen molar-refractivity contribution < 1.29 is 18.3 Å². The number of aliphatic hydroxyl groups excluding tert-OH is 1. The van der Waals surface area contributed by atoms with Crippen molar-refractivity contribution in [1.29, 1.82) is 0 Å². The first-order chi connectivity index (χ1) is 9.69. The maximum absolute atomic E-state index is 11.9. The van der Waals surface area contributed by atoms with Crippen LogP contribution < -0.4 is 10.0 Å². The molecule has 0 bridgehead atoms. The van der Waals surface area contributed by atoms with Gasteiger partial charge in [-0.05, 0) is 12.3 Å². The van der Waals surface area contributed by atoms with Crippen molar-refractivity contribution in [3.05, 3.63) is 11.1 Å². The van der Waals surface area contributed by atoms with Crippen LogP contribution >= 0.6 is 11.3 Å². The molecule has 0 aliphatic carbocycles. The lowest BCUT2D eigenvalue weighted by Crippen LogP contribution is -2.39. The lowest BCUT2D eigenvalue weighted by Gasteiger charge is -2.17. The van der Waals surface area contributed by atoms with Gasteiger partial charge in [0.1, 0.15) is 0 Å². The lowest BCUT2D eigenvalue weighted by atomic mass is 10.0. The summed E-state index contributed by atoms with van der Waals surface area (Å²) in [6.07, 6.45) is 1.79. The Kier molecular flexibility index (Phi) is 6.56. The number of nitrogens with one attached hydrogen (secondary N) is 2. The third-order valence-corrected chi connectivity index (χ3v) is 4.01. The number of hydrogen-bond acceptors (Lipinski definition) is 6. The summed E-state index contributed by atoms with van der Waals surface area (Å²) in [6.45, 7) is 3.92. The largest absolute Gasteiger partial charge is 0.394 e. The second-order valence-electron chi connectivity index (χ2n) is 5.27.